The van der Waals surface area contributed by atoms with Gasteiger partial charge in [0.2, 0.25) is 6.10 Å². The van der Waals surface area contributed by atoms with E-state index in [-0.39, 0.29) is 11.9 Å². The fraction of sp³-hybridized carbons (Fsp3) is 0.333. The summed E-state index contributed by atoms with van der Waals surface area (Å²) in [5, 5.41) is 9.80. The molecule has 0 saturated heterocycles. The lowest BCUT2D eigenvalue weighted by Crippen LogP contribution is -2.41. The Labute approximate surface area is 150 Å². The Morgan fingerprint density at radius 3 is 3.08 bits per heavy atom. The molecule has 4 nitrogen and oxygen atoms in total. The Morgan fingerprint density at radius 2 is 2.33 bits per heavy atom. The SMILES string of the molecule is C[C@@H](Cc1cccs1)NC(=O)[C@H]1CC(Cc2cccc(Cl)c2)=NO1. The minimum Gasteiger partial charge on any atom is -0.382 e. The number of carbonyl (C=O) groups excluding carboxylic acids is 1. The number of carbonyl (C=O) groups is 1. The molecule has 3 rings (SSSR count). The van der Waals surface area contributed by atoms with Gasteiger partial charge in [-0.15, -0.1) is 11.3 Å². The van der Waals surface area contributed by atoms with Gasteiger partial charge in [-0.25, -0.2) is 0 Å². The maximum atomic E-state index is 12.3. The zero-order valence-electron chi connectivity index (χ0n) is 13.4. The second-order valence-electron chi connectivity index (χ2n) is 5.96. The number of thiophene rings is 1. The van der Waals surface area contributed by atoms with Crippen LogP contribution < -0.4 is 5.32 Å². The van der Waals surface area contributed by atoms with Gasteiger partial charge in [-0.3, -0.25) is 4.79 Å². The second-order valence-corrected chi connectivity index (χ2v) is 7.42. The molecule has 0 aliphatic carbocycles. The van der Waals surface area contributed by atoms with E-state index in [4.69, 9.17) is 16.4 Å². The standard InChI is InChI=1S/C18H19ClN2O2S/c1-12(8-16-6-3-7-24-16)20-18(22)17-11-15(21-23-17)10-13-4-2-5-14(19)9-13/h2-7,9,12,17H,8,10-11H2,1H3,(H,20,22)/t12-,17+/m0/s1. The van der Waals surface area contributed by atoms with Crippen LogP contribution in [0.25, 0.3) is 0 Å². The van der Waals surface area contributed by atoms with Crippen LogP contribution in [0.15, 0.2) is 46.9 Å². The summed E-state index contributed by atoms with van der Waals surface area (Å²) in [6.07, 6.45) is 1.45. The molecule has 1 aromatic carbocycles. The smallest absolute Gasteiger partial charge is 0.264 e. The predicted octanol–water partition coefficient (Wildman–Crippen LogP) is 3.84. The van der Waals surface area contributed by atoms with Crippen molar-refractivity contribution in [2.24, 2.45) is 5.16 Å². The third kappa shape index (κ3) is 4.58. The number of nitrogens with one attached hydrogen (secondary N) is 1. The highest BCUT2D eigenvalue weighted by Gasteiger charge is 2.28. The first-order valence-electron chi connectivity index (χ1n) is 7.89. The number of halogens is 1. The molecule has 1 amide bonds. The van der Waals surface area contributed by atoms with Gasteiger partial charge in [-0.1, -0.05) is 35.0 Å². The molecule has 1 N–H and O–H groups in total. The van der Waals surface area contributed by atoms with Crippen molar-refractivity contribution in [3.8, 4) is 0 Å². The summed E-state index contributed by atoms with van der Waals surface area (Å²) in [6, 6.07) is 11.8. The third-order valence-electron chi connectivity index (χ3n) is 3.80. The molecule has 1 aliphatic heterocycles. The average Bonchev–Trinajstić information content (AvgIpc) is 3.19. The lowest BCUT2D eigenvalue weighted by Gasteiger charge is -2.15. The number of amides is 1. The van der Waals surface area contributed by atoms with Gasteiger partial charge < -0.3 is 10.2 Å². The molecule has 1 aromatic heterocycles. The van der Waals surface area contributed by atoms with Crippen molar-refractivity contribution in [2.45, 2.75) is 38.3 Å². The average molecular weight is 363 g/mol. The number of nitrogens with zero attached hydrogens (tertiary/aromatic N) is 1. The van der Waals surface area contributed by atoms with Gasteiger partial charge in [0, 0.05) is 35.2 Å². The minimum absolute atomic E-state index is 0.0664. The van der Waals surface area contributed by atoms with Crippen molar-refractivity contribution < 1.29 is 9.63 Å². The van der Waals surface area contributed by atoms with Crippen molar-refractivity contribution in [2.75, 3.05) is 0 Å². The van der Waals surface area contributed by atoms with Crippen molar-refractivity contribution in [1.29, 1.82) is 0 Å². The molecule has 126 valence electrons. The van der Waals surface area contributed by atoms with Crippen molar-refractivity contribution in [3.05, 3.63) is 57.2 Å². The topological polar surface area (TPSA) is 50.7 Å². The van der Waals surface area contributed by atoms with Crippen molar-refractivity contribution in [1.82, 2.24) is 5.32 Å². The largest absolute Gasteiger partial charge is 0.382 e. The lowest BCUT2D eigenvalue weighted by atomic mass is 10.0. The summed E-state index contributed by atoms with van der Waals surface area (Å²) in [5.74, 6) is -0.107. The Balaban J connectivity index is 1.48. The van der Waals surface area contributed by atoms with E-state index in [0.29, 0.717) is 17.9 Å². The number of benzene rings is 1. The van der Waals surface area contributed by atoms with Gasteiger partial charge in [0.25, 0.3) is 5.91 Å². The van der Waals surface area contributed by atoms with Gasteiger partial charge in [0.15, 0.2) is 0 Å². The first-order valence-corrected chi connectivity index (χ1v) is 9.14. The van der Waals surface area contributed by atoms with Crippen LogP contribution in [0.2, 0.25) is 5.02 Å². The predicted molar refractivity (Wildman–Crippen MR) is 97.7 cm³/mol. The lowest BCUT2D eigenvalue weighted by molar-refractivity contribution is -0.131. The first kappa shape index (κ1) is 17.0. The number of hydrogen-bond acceptors (Lipinski definition) is 4. The molecule has 2 atom stereocenters. The second kappa shape index (κ2) is 7.81. The number of rotatable bonds is 6. The van der Waals surface area contributed by atoms with Gasteiger partial charge in [0.1, 0.15) is 0 Å². The Kier molecular flexibility index (Phi) is 5.53. The first-order chi connectivity index (χ1) is 11.6. The summed E-state index contributed by atoms with van der Waals surface area (Å²) in [5.41, 5.74) is 1.93. The Morgan fingerprint density at radius 1 is 1.46 bits per heavy atom. The molecule has 24 heavy (non-hydrogen) atoms. The molecule has 0 unspecified atom stereocenters. The molecule has 0 spiro atoms. The van der Waals surface area contributed by atoms with Crippen LogP contribution in [-0.2, 0) is 22.5 Å². The van der Waals surface area contributed by atoms with Crippen LogP contribution in [0.4, 0.5) is 0 Å². The molecule has 0 saturated carbocycles. The maximum Gasteiger partial charge on any atom is 0.264 e. The van der Waals surface area contributed by atoms with Gasteiger partial charge in [-0.2, -0.15) is 0 Å². The zero-order valence-corrected chi connectivity index (χ0v) is 14.9. The molecular formula is C18H19ClN2O2S. The van der Waals surface area contributed by atoms with E-state index in [1.165, 1.54) is 4.88 Å². The Bertz CT molecular complexity index is 730. The molecule has 0 radical (unpaired) electrons. The minimum atomic E-state index is -0.537. The van der Waals surface area contributed by atoms with Gasteiger partial charge >= 0.3 is 0 Å². The van der Waals surface area contributed by atoms with Crippen LogP contribution in [0, 0.1) is 0 Å². The van der Waals surface area contributed by atoms with E-state index in [2.05, 4.69) is 16.5 Å². The molecular weight excluding hydrogens is 344 g/mol. The van der Waals surface area contributed by atoms with Crippen LogP contribution in [0.1, 0.15) is 23.8 Å². The maximum absolute atomic E-state index is 12.3. The van der Waals surface area contributed by atoms with Crippen molar-refractivity contribution >= 4 is 34.6 Å². The quantitative estimate of drug-likeness (QED) is 0.848. The van der Waals surface area contributed by atoms with Gasteiger partial charge in [-0.05, 0) is 36.1 Å². The number of hydrogen-bond donors (Lipinski definition) is 1. The summed E-state index contributed by atoms with van der Waals surface area (Å²) in [4.78, 5) is 18.9. The highest BCUT2D eigenvalue weighted by atomic mass is 35.5. The summed E-state index contributed by atoms with van der Waals surface area (Å²) >= 11 is 7.69. The van der Waals surface area contributed by atoms with Crippen LogP contribution >= 0.6 is 22.9 Å². The van der Waals surface area contributed by atoms with E-state index in [1.54, 1.807) is 11.3 Å². The fourth-order valence-electron chi connectivity index (χ4n) is 2.67. The molecule has 1 aliphatic rings. The normalized spacial score (nSPS) is 17.9. The fourth-order valence-corrected chi connectivity index (χ4v) is 3.72. The van der Waals surface area contributed by atoms with Crippen molar-refractivity contribution in [3.63, 3.8) is 0 Å². The zero-order chi connectivity index (χ0) is 16.9. The highest BCUT2D eigenvalue weighted by Crippen LogP contribution is 2.18. The van der Waals surface area contributed by atoms with Crippen LogP contribution in [0.3, 0.4) is 0 Å². The summed E-state index contributed by atoms with van der Waals surface area (Å²) in [6.45, 7) is 2.00. The van der Waals surface area contributed by atoms with E-state index >= 15 is 0 Å². The van der Waals surface area contributed by atoms with Crippen LogP contribution in [-0.4, -0.2) is 23.8 Å². The highest BCUT2D eigenvalue weighted by molar-refractivity contribution is 7.09. The summed E-state index contributed by atoms with van der Waals surface area (Å²) < 4.78 is 0. The molecule has 2 heterocycles. The number of oxime groups is 1. The van der Waals surface area contributed by atoms with E-state index in [1.807, 2.05) is 42.6 Å². The molecule has 6 heteroatoms. The third-order valence-corrected chi connectivity index (χ3v) is 4.93. The van der Waals surface area contributed by atoms with E-state index in [9.17, 15) is 4.79 Å². The molecule has 2 aromatic rings. The Hall–Kier alpha value is -1.85. The molecule has 0 fully saturated rings. The van der Waals surface area contributed by atoms with E-state index in [0.717, 1.165) is 17.7 Å². The van der Waals surface area contributed by atoms with Crippen LogP contribution in [0.5, 0.6) is 0 Å². The summed E-state index contributed by atoms with van der Waals surface area (Å²) in [7, 11) is 0. The van der Waals surface area contributed by atoms with E-state index < -0.39 is 6.10 Å². The van der Waals surface area contributed by atoms with Gasteiger partial charge in [0.05, 0.1) is 5.71 Å². The monoisotopic (exact) mass is 362 g/mol. The molecule has 0 bridgehead atoms.